The normalized spacial score (nSPS) is 13.1. The minimum absolute atomic E-state index is 0.0783. The van der Waals surface area contributed by atoms with Crippen LogP contribution in [0.15, 0.2) is 48.5 Å². The van der Waals surface area contributed by atoms with E-state index in [9.17, 15) is 19.5 Å². The fourth-order valence-corrected chi connectivity index (χ4v) is 3.85. The highest BCUT2D eigenvalue weighted by Crippen LogP contribution is 2.31. The molecule has 0 aliphatic rings. The van der Waals surface area contributed by atoms with E-state index in [0.717, 1.165) is 16.7 Å². The van der Waals surface area contributed by atoms with Crippen LogP contribution < -0.4 is 0 Å². The summed E-state index contributed by atoms with van der Waals surface area (Å²) in [6, 6.07) is 14.7. The number of hydrogen-bond acceptors (Lipinski definition) is 7. The van der Waals surface area contributed by atoms with Crippen LogP contribution in [-0.2, 0) is 30.4 Å². The molecule has 1 N–H and O–H groups in total. The average molecular weight is 471 g/mol. The lowest BCUT2D eigenvalue weighted by Gasteiger charge is -2.32. The molecule has 7 nitrogen and oxygen atoms in total. The predicted octanol–water partition coefficient (Wildman–Crippen LogP) is 3.96. The van der Waals surface area contributed by atoms with Crippen LogP contribution in [0.25, 0.3) is 0 Å². The van der Waals surface area contributed by atoms with E-state index in [1.165, 1.54) is 0 Å². The number of benzene rings is 2. The molecule has 0 aliphatic heterocycles. The van der Waals surface area contributed by atoms with Crippen LogP contribution in [0.4, 0.5) is 0 Å². The van der Waals surface area contributed by atoms with Crippen molar-refractivity contribution in [2.45, 2.75) is 59.4 Å². The first-order chi connectivity index (χ1) is 16.1. The highest BCUT2D eigenvalue weighted by molar-refractivity contribution is 6.11. The lowest BCUT2D eigenvalue weighted by molar-refractivity contribution is -0.189. The molecule has 2 unspecified atom stereocenters. The predicted molar refractivity (Wildman–Crippen MR) is 127 cm³/mol. The number of ether oxygens (including phenoxy) is 3. The van der Waals surface area contributed by atoms with Crippen LogP contribution in [0.1, 0.15) is 54.2 Å². The number of esters is 2. The lowest BCUT2D eigenvalue weighted by atomic mass is 9.77. The Labute approximate surface area is 201 Å². The molecule has 0 aliphatic carbocycles. The highest BCUT2D eigenvalue weighted by Gasteiger charge is 2.57. The van der Waals surface area contributed by atoms with Gasteiger partial charge < -0.3 is 19.3 Å². The molecule has 0 bridgehead atoms. The largest absolute Gasteiger partial charge is 0.463 e. The van der Waals surface area contributed by atoms with Gasteiger partial charge in [-0.1, -0.05) is 47.5 Å². The number of carbonyl (C=O) groups excluding carboxylic acids is 3. The smallest absolute Gasteiger partial charge is 0.350 e. The molecule has 7 heteroatoms. The maximum Gasteiger partial charge on any atom is 0.350 e. The summed E-state index contributed by atoms with van der Waals surface area (Å²) in [7, 11) is 0. The zero-order chi connectivity index (χ0) is 25.3. The van der Waals surface area contributed by atoms with Crippen LogP contribution in [-0.4, -0.2) is 47.7 Å². The zero-order valence-corrected chi connectivity index (χ0v) is 20.5. The number of carbonyl (C=O) groups is 3. The van der Waals surface area contributed by atoms with Crippen LogP contribution in [0.2, 0.25) is 0 Å². The Kier molecular flexibility index (Phi) is 9.96. The number of Topliss-reactive ketones (excluding diaryl/α,β-unsaturated/α-hetero) is 1. The van der Waals surface area contributed by atoms with Gasteiger partial charge in [-0.2, -0.15) is 0 Å². The van der Waals surface area contributed by atoms with Gasteiger partial charge in [-0.05, 0) is 58.7 Å². The Hall–Kier alpha value is -3.03. The molecule has 0 saturated heterocycles. The molecule has 0 heterocycles. The molecular formula is C27H34O7. The molecule has 184 valence electrons. The summed E-state index contributed by atoms with van der Waals surface area (Å²) in [6.07, 6.45) is -0.678. The van der Waals surface area contributed by atoms with Gasteiger partial charge in [0.15, 0.2) is 5.78 Å². The molecule has 0 saturated carbocycles. The first-order valence-electron chi connectivity index (χ1n) is 11.5. The van der Waals surface area contributed by atoms with E-state index in [1.54, 1.807) is 32.9 Å². The molecule has 0 aromatic heterocycles. The third kappa shape index (κ3) is 6.74. The molecule has 2 aromatic rings. The summed E-state index contributed by atoms with van der Waals surface area (Å²) in [5.41, 5.74) is 0.0745. The van der Waals surface area contributed by atoms with E-state index in [1.807, 2.05) is 50.2 Å². The number of ketones is 1. The van der Waals surface area contributed by atoms with Gasteiger partial charge in [-0.25, -0.2) is 9.59 Å². The number of rotatable bonds is 12. The molecule has 0 amide bonds. The second-order valence-electron chi connectivity index (χ2n) is 8.34. The molecular weight excluding hydrogens is 436 g/mol. The molecule has 34 heavy (non-hydrogen) atoms. The summed E-state index contributed by atoms with van der Waals surface area (Å²) >= 11 is 0. The average Bonchev–Trinajstić information content (AvgIpc) is 2.80. The van der Waals surface area contributed by atoms with Crippen LogP contribution >= 0.6 is 0 Å². The van der Waals surface area contributed by atoms with Crippen molar-refractivity contribution in [3.8, 4) is 0 Å². The van der Waals surface area contributed by atoms with E-state index in [4.69, 9.17) is 14.2 Å². The first-order valence-corrected chi connectivity index (χ1v) is 11.5. The number of aryl methyl sites for hydroxylation is 2. The van der Waals surface area contributed by atoms with Gasteiger partial charge in [0, 0.05) is 5.56 Å². The minimum atomic E-state index is -2.81. The van der Waals surface area contributed by atoms with Crippen molar-refractivity contribution in [3.05, 3.63) is 70.8 Å². The van der Waals surface area contributed by atoms with E-state index < -0.39 is 35.3 Å². The maximum atomic E-state index is 13.7. The van der Waals surface area contributed by atoms with E-state index in [2.05, 4.69) is 0 Å². The summed E-state index contributed by atoms with van der Waals surface area (Å²) < 4.78 is 15.9. The lowest BCUT2D eigenvalue weighted by Crippen LogP contribution is -2.57. The zero-order valence-electron chi connectivity index (χ0n) is 20.5. The number of hydrogen-bond donors (Lipinski definition) is 1. The Morgan fingerprint density at radius 3 is 1.94 bits per heavy atom. The second kappa shape index (κ2) is 12.4. The van der Waals surface area contributed by atoms with Crippen LogP contribution in [0, 0.1) is 19.8 Å². The highest BCUT2D eigenvalue weighted by atomic mass is 16.6. The quantitative estimate of drug-likeness (QED) is 0.285. The van der Waals surface area contributed by atoms with Crippen molar-refractivity contribution >= 4 is 17.7 Å². The van der Waals surface area contributed by atoms with E-state index >= 15 is 0 Å². The fraction of sp³-hybridized carbons (Fsp3) is 0.444. The van der Waals surface area contributed by atoms with Gasteiger partial charge in [0.05, 0.1) is 31.8 Å². The molecule has 0 fully saturated rings. The van der Waals surface area contributed by atoms with Crippen LogP contribution in [0.3, 0.4) is 0 Å². The van der Waals surface area contributed by atoms with Crippen molar-refractivity contribution in [1.82, 2.24) is 0 Å². The molecule has 2 rings (SSSR count). The van der Waals surface area contributed by atoms with Gasteiger partial charge in [-0.15, -0.1) is 0 Å². The Bertz CT molecular complexity index is 945. The van der Waals surface area contributed by atoms with Gasteiger partial charge in [0.25, 0.3) is 5.60 Å². The Morgan fingerprint density at radius 1 is 0.912 bits per heavy atom. The Balaban J connectivity index is 2.45. The van der Waals surface area contributed by atoms with Crippen molar-refractivity contribution in [3.63, 3.8) is 0 Å². The fourth-order valence-electron chi connectivity index (χ4n) is 3.85. The molecule has 2 atom stereocenters. The monoisotopic (exact) mass is 470 g/mol. The number of aliphatic hydroxyl groups is 1. The molecule has 0 radical (unpaired) electrons. The minimum Gasteiger partial charge on any atom is -0.463 e. The van der Waals surface area contributed by atoms with Gasteiger partial charge in [0.1, 0.15) is 0 Å². The van der Waals surface area contributed by atoms with Gasteiger partial charge >= 0.3 is 11.9 Å². The topological polar surface area (TPSA) is 99.1 Å². The third-order valence-electron chi connectivity index (χ3n) is 5.45. The van der Waals surface area contributed by atoms with E-state index in [-0.39, 0.29) is 31.8 Å². The molecule has 0 spiro atoms. The SMILES string of the molecule is CCOC(=O)C(O)(C(=O)OCC)C(CC(C)OCc1ccccc1)C(=O)c1cc(C)cc(C)c1. The summed E-state index contributed by atoms with van der Waals surface area (Å²) in [5, 5.41) is 11.4. The van der Waals surface area contributed by atoms with Crippen molar-refractivity contribution in [2.75, 3.05) is 13.2 Å². The van der Waals surface area contributed by atoms with E-state index in [0.29, 0.717) is 0 Å². The maximum absolute atomic E-state index is 13.7. The Morgan fingerprint density at radius 2 is 1.44 bits per heavy atom. The van der Waals surface area contributed by atoms with Crippen LogP contribution in [0.5, 0.6) is 0 Å². The standard InChI is InChI=1S/C27H34O7/c1-6-32-25(29)27(31,26(30)33-7-2)23(24(28)22-14-18(3)13-19(4)15-22)16-20(5)34-17-21-11-9-8-10-12-21/h8-15,20,23,31H,6-7,16-17H2,1-5H3. The third-order valence-corrected chi connectivity index (χ3v) is 5.45. The van der Waals surface area contributed by atoms with Crippen molar-refractivity contribution < 1.29 is 33.7 Å². The van der Waals surface area contributed by atoms with Gasteiger partial charge in [-0.3, -0.25) is 4.79 Å². The van der Waals surface area contributed by atoms with Crippen molar-refractivity contribution in [2.24, 2.45) is 5.92 Å². The summed E-state index contributed by atoms with van der Waals surface area (Å²) in [6.45, 7) is 8.62. The second-order valence-corrected chi connectivity index (χ2v) is 8.34. The van der Waals surface area contributed by atoms with Gasteiger partial charge in [0.2, 0.25) is 0 Å². The molecule has 2 aromatic carbocycles. The summed E-state index contributed by atoms with van der Waals surface area (Å²) in [4.78, 5) is 39.5. The van der Waals surface area contributed by atoms with Crippen molar-refractivity contribution in [1.29, 1.82) is 0 Å². The summed E-state index contributed by atoms with van der Waals surface area (Å²) in [5.74, 6) is -4.47. The first kappa shape index (κ1) is 27.2.